The summed E-state index contributed by atoms with van der Waals surface area (Å²) in [4.78, 5) is 18.4. The Labute approximate surface area is 147 Å². The number of ether oxygens (including phenoxy) is 2. The van der Waals surface area contributed by atoms with Gasteiger partial charge in [-0.05, 0) is 33.6 Å². The second kappa shape index (κ2) is 7.59. The summed E-state index contributed by atoms with van der Waals surface area (Å²) in [5.74, 6) is 0. The number of fused-ring (bicyclic) bond motifs is 1. The molecule has 5 atom stereocenters. The van der Waals surface area contributed by atoms with E-state index in [9.17, 15) is 15.0 Å². The Hall–Kier alpha value is -0.830. The lowest BCUT2D eigenvalue weighted by Gasteiger charge is -2.37. The van der Waals surface area contributed by atoms with Gasteiger partial charge in [0.25, 0.3) is 0 Å². The molecule has 0 aromatic rings. The molecule has 2 N–H and O–H groups in total. The highest BCUT2D eigenvalue weighted by atomic mass is 32.2. The molecule has 1 saturated heterocycles. The number of aliphatic hydroxyl groups excluding tert-OH is 2. The first-order valence-corrected chi connectivity index (χ1v) is 9.32. The largest absolute Gasteiger partial charge is 0.443 e. The number of rotatable bonds is 3. The van der Waals surface area contributed by atoms with Crippen LogP contribution in [0.3, 0.4) is 0 Å². The molecule has 8 heteroatoms. The summed E-state index contributed by atoms with van der Waals surface area (Å²) in [5.41, 5.74) is -0.996. The molecule has 138 valence electrons. The van der Waals surface area contributed by atoms with Gasteiger partial charge in [-0.25, -0.2) is 4.79 Å². The lowest BCUT2D eigenvalue weighted by molar-refractivity contribution is -0.153. The fourth-order valence-corrected chi connectivity index (χ4v) is 3.93. The van der Waals surface area contributed by atoms with Gasteiger partial charge in [-0.1, -0.05) is 25.6 Å². The van der Waals surface area contributed by atoms with Crippen LogP contribution in [0.5, 0.6) is 0 Å². The summed E-state index contributed by atoms with van der Waals surface area (Å²) >= 11 is 1.30. The number of aliphatic hydroxyl groups is 2. The number of carbonyl (C=O) groups is 1. The van der Waals surface area contributed by atoms with Crippen molar-refractivity contribution < 1.29 is 24.5 Å². The van der Waals surface area contributed by atoms with E-state index in [1.807, 2.05) is 34.6 Å². The first-order valence-electron chi connectivity index (χ1n) is 8.44. The molecule has 1 fully saturated rings. The van der Waals surface area contributed by atoms with Gasteiger partial charge in [-0.3, -0.25) is 9.89 Å². The predicted octanol–water partition coefficient (Wildman–Crippen LogP) is 1.96. The molecule has 0 aromatic carbocycles. The standard InChI is InChI=1S/C16H28N2O5S/c1-6-8-18(15(21)23-16(3,4)5)14-17-10-12(20)11(19)9(7-2)22-13(10)24-14/h9-13,19-20H,6-8H2,1-5H3/t9-,10-,11-,12-,13-/m1/s1. The number of nitrogens with zero attached hydrogens (tertiary/aromatic N) is 2. The Morgan fingerprint density at radius 2 is 2.00 bits per heavy atom. The zero-order valence-electron chi connectivity index (χ0n) is 14.9. The van der Waals surface area contributed by atoms with E-state index >= 15 is 0 Å². The van der Waals surface area contributed by atoms with E-state index in [1.54, 1.807) is 0 Å². The van der Waals surface area contributed by atoms with E-state index in [0.29, 0.717) is 18.1 Å². The summed E-state index contributed by atoms with van der Waals surface area (Å²) < 4.78 is 11.3. The lowest BCUT2D eigenvalue weighted by Crippen LogP contribution is -2.54. The molecule has 2 rings (SSSR count). The lowest BCUT2D eigenvalue weighted by atomic mass is 9.97. The third-order valence-corrected chi connectivity index (χ3v) is 5.00. The Morgan fingerprint density at radius 3 is 2.54 bits per heavy atom. The van der Waals surface area contributed by atoms with Crippen molar-refractivity contribution in [2.75, 3.05) is 6.54 Å². The maximum atomic E-state index is 12.5. The van der Waals surface area contributed by atoms with Crippen molar-refractivity contribution in [2.24, 2.45) is 4.99 Å². The molecule has 2 aliphatic heterocycles. The van der Waals surface area contributed by atoms with Gasteiger partial charge < -0.3 is 19.7 Å². The number of hydrogen-bond acceptors (Lipinski definition) is 7. The van der Waals surface area contributed by atoms with Crippen molar-refractivity contribution in [3.05, 3.63) is 0 Å². The SMILES string of the molecule is CCCN(C(=O)OC(C)(C)C)C1=N[C@@H]2[C@@H](O)[C@H](O)[C@@H](CC)O[C@@H]2S1. The minimum Gasteiger partial charge on any atom is -0.443 e. The highest BCUT2D eigenvalue weighted by Crippen LogP contribution is 2.38. The normalized spacial score (nSPS) is 33.0. The molecule has 0 aromatic heterocycles. The van der Waals surface area contributed by atoms with Crippen molar-refractivity contribution in [1.82, 2.24) is 4.90 Å². The molecule has 1 amide bonds. The zero-order chi connectivity index (χ0) is 18.1. The van der Waals surface area contributed by atoms with Crippen LogP contribution < -0.4 is 0 Å². The minimum absolute atomic E-state index is 0.398. The van der Waals surface area contributed by atoms with Gasteiger partial charge in [0.05, 0.1) is 6.10 Å². The van der Waals surface area contributed by atoms with E-state index in [2.05, 4.69) is 4.99 Å². The average Bonchev–Trinajstić information content (AvgIpc) is 2.90. The van der Waals surface area contributed by atoms with Crippen molar-refractivity contribution in [3.8, 4) is 0 Å². The second-order valence-electron chi connectivity index (χ2n) is 7.08. The van der Waals surface area contributed by atoms with Gasteiger partial charge in [0.2, 0.25) is 0 Å². The Morgan fingerprint density at radius 1 is 1.33 bits per heavy atom. The first-order chi connectivity index (χ1) is 11.2. The predicted molar refractivity (Wildman–Crippen MR) is 93.0 cm³/mol. The van der Waals surface area contributed by atoms with E-state index in [1.165, 1.54) is 16.7 Å². The van der Waals surface area contributed by atoms with Gasteiger partial charge in [-0.2, -0.15) is 0 Å². The summed E-state index contributed by atoms with van der Waals surface area (Å²) in [6.45, 7) is 9.77. The molecule has 7 nitrogen and oxygen atoms in total. The van der Waals surface area contributed by atoms with Crippen LogP contribution in [0.2, 0.25) is 0 Å². The van der Waals surface area contributed by atoms with Crippen molar-refractivity contribution in [1.29, 1.82) is 0 Å². The molecule has 0 bridgehead atoms. The Kier molecular flexibility index (Phi) is 6.17. The van der Waals surface area contributed by atoms with Gasteiger partial charge >= 0.3 is 6.09 Å². The summed E-state index contributed by atoms with van der Waals surface area (Å²) in [6, 6.07) is -0.579. The van der Waals surface area contributed by atoms with Crippen LogP contribution in [0.1, 0.15) is 47.5 Å². The molecule has 0 unspecified atom stereocenters. The molecule has 0 spiro atoms. The first kappa shape index (κ1) is 19.5. The van der Waals surface area contributed by atoms with E-state index in [0.717, 1.165) is 6.42 Å². The second-order valence-corrected chi connectivity index (χ2v) is 8.15. The molecular formula is C16H28N2O5S. The minimum atomic E-state index is -0.999. The third-order valence-electron chi connectivity index (χ3n) is 3.84. The van der Waals surface area contributed by atoms with Crippen LogP contribution in [0.4, 0.5) is 4.79 Å². The maximum absolute atomic E-state index is 12.5. The molecule has 2 heterocycles. The van der Waals surface area contributed by atoms with E-state index in [4.69, 9.17) is 9.47 Å². The number of hydrogen-bond donors (Lipinski definition) is 2. The summed E-state index contributed by atoms with van der Waals surface area (Å²) in [7, 11) is 0. The van der Waals surface area contributed by atoms with Gasteiger partial charge in [0.15, 0.2) is 5.17 Å². The van der Waals surface area contributed by atoms with Gasteiger partial charge in [-0.15, -0.1) is 0 Å². The zero-order valence-corrected chi connectivity index (χ0v) is 15.7. The van der Waals surface area contributed by atoms with Crippen LogP contribution in [0.25, 0.3) is 0 Å². The summed E-state index contributed by atoms with van der Waals surface area (Å²) in [5, 5.41) is 20.9. The Bertz CT molecular complexity index is 493. The van der Waals surface area contributed by atoms with Crippen LogP contribution >= 0.6 is 11.8 Å². The smallest absolute Gasteiger partial charge is 0.416 e. The van der Waals surface area contributed by atoms with Crippen LogP contribution in [-0.2, 0) is 9.47 Å². The van der Waals surface area contributed by atoms with Gasteiger partial charge in [0, 0.05) is 6.54 Å². The topological polar surface area (TPSA) is 91.6 Å². The molecule has 0 radical (unpaired) electrons. The van der Waals surface area contributed by atoms with Crippen molar-refractivity contribution in [3.63, 3.8) is 0 Å². The monoisotopic (exact) mass is 360 g/mol. The molecule has 24 heavy (non-hydrogen) atoms. The highest BCUT2D eigenvalue weighted by Gasteiger charge is 2.49. The highest BCUT2D eigenvalue weighted by molar-refractivity contribution is 8.14. The quantitative estimate of drug-likeness (QED) is 0.799. The van der Waals surface area contributed by atoms with Crippen LogP contribution in [0.15, 0.2) is 4.99 Å². The van der Waals surface area contributed by atoms with Crippen LogP contribution in [0, 0.1) is 0 Å². The Balaban J connectivity index is 2.16. The number of thioether (sulfide) groups is 1. The van der Waals surface area contributed by atoms with Crippen molar-refractivity contribution >= 4 is 23.0 Å². The molecular weight excluding hydrogens is 332 g/mol. The maximum Gasteiger partial charge on any atom is 0.416 e. The third kappa shape index (κ3) is 4.22. The van der Waals surface area contributed by atoms with E-state index in [-0.39, 0.29) is 0 Å². The average molecular weight is 360 g/mol. The fourth-order valence-electron chi connectivity index (χ4n) is 2.69. The number of carbonyl (C=O) groups excluding carboxylic acids is 1. The molecule has 0 saturated carbocycles. The van der Waals surface area contributed by atoms with Crippen LogP contribution in [-0.4, -0.2) is 68.3 Å². The summed E-state index contributed by atoms with van der Waals surface area (Å²) in [6.07, 6.45) is -1.51. The molecule has 2 aliphatic rings. The fraction of sp³-hybridized carbons (Fsp3) is 0.875. The number of amides is 1. The van der Waals surface area contributed by atoms with E-state index < -0.39 is 41.5 Å². The number of aliphatic imine (C=N–C) groups is 1. The van der Waals surface area contributed by atoms with Crippen molar-refractivity contribution in [2.45, 2.75) is 82.9 Å². The van der Waals surface area contributed by atoms with Gasteiger partial charge in [0.1, 0.15) is 29.3 Å². The number of amidine groups is 1. The molecule has 0 aliphatic carbocycles.